The maximum absolute atomic E-state index is 10.3. The topological polar surface area (TPSA) is 29.5 Å². The summed E-state index contributed by atoms with van der Waals surface area (Å²) in [6.07, 6.45) is 0.814. The van der Waals surface area contributed by atoms with Gasteiger partial charge in [-0.25, -0.2) is 0 Å². The number of halogens is 2. The van der Waals surface area contributed by atoms with Crippen LogP contribution < -0.4 is 4.74 Å². The molecular weight excluding hydrogens is 307 g/mol. The van der Waals surface area contributed by atoms with Crippen LogP contribution in [0.4, 0.5) is 0 Å². The highest BCUT2D eigenvalue weighted by atomic mass is 35.5. The van der Waals surface area contributed by atoms with E-state index in [4.69, 9.17) is 27.9 Å². The van der Waals surface area contributed by atoms with Gasteiger partial charge in [-0.2, -0.15) is 0 Å². The van der Waals surface area contributed by atoms with Crippen LogP contribution in [0.1, 0.15) is 30.6 Å². The van der Waals surface area contributed by atoms with Gasteiger partial charge >= 0.3 is 0 Å². The SMILES string of the molecule is CCCOc1ccc(C(O)Cc2ccc(Cl)cc2Cl)cc1. The van der Waals surface area contributed by atoms with Crippen LogP contribution in [-0.4, -0.2) is 11.7 Å². The largest absolute Gasteiger partial charge is 0.494 e. The molecule has 2 nitrogen and oxygen atoms in total. The Morgan fingerprint density at radius 2 is 1.81 bits per heavy atom. The lowest BCUT2D eigenvalue weighted by molar-refractivity contribution is 0.178. The third-order valence-electron chi connectivity index (χ3n) is 3.17. The standard InChI is InChI=1S/C17H18Cl2O2/c1-2-9-21-15-7-4-12(5-8-15)17(20)10-13-3-6-14(18)11-16(13)19/h3-8,11,17,20H,2,9-10H2,1H3. The van der Waals surface area contributed by atoms with Crippen LogP contribution in [-0.2, 0) is 6.42 Å². The highest BCUT2D eigenvalue weighted by molar-refractivity contribution is 6.35. The van der Waals surface area contributed by atoms with E-state index in [2.05, 4.69) is 6.92 Å². The van der Waals surface area contributed by atoms with Crippen molar-refractivity contribution in [3.63, 3.8) is 0 Å². The number of hydrogen-bond donors (Lipinski definition) is 1. The average molecular weight is 325 g/mol. The summed E-state index contributed by atoms with van der Waals surface area (Å²) >= 11 is 12.0. The van der Waals surface area contributed by atoms with Gasteiger partial charge in [0, 0.05) is 16.5 Å². The molecule has 112 valence electrons. The number of aliphatic hydroxyl groups is 1. The second kappa shape index (κ2) is 7.69. The molecule has 0 aliphatic carbocycles. The first-order chi connectivity index (χ1) is 10.1. The quantitative estimate of drug-likeness (QED) is 0.804. The Labute approximate surface area is 135 Å². The van der Waals surface area contributed by atoms with Crippen molar-refractivity contribution >= 4 is 23.2 Å². The highest BCUT2D eigenvalue weighted by Crippen LogP contribution is 2.27. The zero-order chi connectivity index (χ0) is 15.2. The van der Waals surface area contributed by atoms with Crippen LogP contribution in [0.3, 0.4) is 0 Å². The second-order valence-corrected chi connectivity index (χ2v) is 5.72. The summed E-state index contributed by atoms with van der Waals surface area (Å²) in [6, 6.07) is 12.8. The Balaban J connectivity index is 2.04. The number of ether oxygens (including phenoxy) is 1. The fourth-order valence-electron chi connectivity index (χ4n) is 2.02. The number of hydrogen-bond acceptors (Lipinski definition) is 2. The molecule has 21 heavy (non-hydrogen) atoms. The Bertz CT molecular complexity index is 582. The van der Waals surface area contributed by atoms with Crippen molar-refractivity contribution in [2.45, 2.75) is 25.9 Å². The van der Waals surface area contributed by atoms with E-state index in [1.54, 1.807) is 12.1 Å². The molecule has 0 bridgehead atoms. The first kappa shape index (κ1) is 16.2. The minimum atomic E-state index is -0.607. The zero-order valence-electron chi connectivity index (χ0n) is 11.9. The summed E-state index contributed by atoms with van der Waals surface area (Å²) in [7, 11) is 0. The van der Waals surface area contributed by atoms with E-state index < -0.39 is 6.10 Å². The molecule has 2 aromatic carbocycles. The van der Waals surface area contributed by atoms with Gasteiger partial charge in [0.2, 0.25) is 0 Å². The Kier molecular flexibility index (Phi) is 5.92. The molecule has 0 radical (unpaired) electrons. The van der Waals surface area contributed by atoms with Gasteiger partial charge in [0.15, 0.2) is 0 Å². The van der Waals surface area contributed by atoms with E-state index in [1.165, 1.54) is 0 Å². The lowest BCUT2D eigenvalue weighted by Gasteiger charge is -2.13. The molecule has 0 saturated heterocycles. The normalized spacial score (nSPS) is 12.2. The molecule has 0 aliphatic rings. The van der Waals surface area contributed by atoms with Gasteiger partial charge in [0.05, 0.1) is 12.7 Å². The second-order valence-electron chi connectivity index (χ2n) is 4.87. The summed E-state index contributed by atoms with van der Waals surface area (Å²) in [4.78, 5) is 0. The molecule has 0 aromatic heterocycles. The minimum Gasteiger partial charge on any atom is -0.494 e. The molecular formula is C17H18Cl2O2. The monoisotopic (exact) mass is 324 g/mol. The van der Waals surface area contributed by atoms with E-state index in [-0.39, 0.29) is 0 Å². The molecule has 1 atom stereocenters. The van der Waals surface area contributed by atoms with Crippen molar-refractivity contribution in [1.82, 2.24) is 0 Å². The maximum atomic E-state index is 10.3. The molecule has 0 spiro atoms. The smallest absolute Gasteiger partial charge is 0.119 e. The van der Waals surface area contributed by atoms with Crippen LogP contribution in [0.5, 0.6) is 5.75 Å². The molecule has 0 aliphatic heterocycles. The van der Waals surface area contributed by atoms with Gasteiger partial charge in [-0.1, -0.05) is 48.3 Å². The third kappa shape index (κ3) is 4.63. The molecule has 4 heteroatoms. The molecule has 2 aromatic rings. The van der Waals surface area contributed by atoms with Crippen molar-refractivity contribution < 1.29 is 9.84 Å². The summed E-state index contributed by atoms with van der Waals surface area (Å²) < 4.78 is 5.52. The van der Waals surface area contributed by atoms with Crippen LogP contribution in [0.25, 0.3) is 0 Å². The predicted molar refractivity (Wildman–Crippen MR) is 87.4 cm³/mol. The third-order valence-corrected chi connectivity index (χ3v) is 3.75. The summed E-state index contributed by atoms with van der Waals surface area (Å²) in [6.45, 7) is 2.76. The van der Waals surface area contributed by atoms with Crippen LogP contribution in [0.2, 0.25) is 10.0 Å². The molecule has 0 amide bonds. The first-order valence-corrected chi connectivity index (χ1v) is 7.70. The van der Waals surface area contributed by atoms with Gasteiger partial charge in [0.1, 0.15) is 5.75 Å². The minimum absolute atomic E-state index is 0.450. The first-order valence-electron chi connectivity index (χ1n) is 6.95. The summed E-state index contributed by atoms with van der Waals surface area (Å²) in [5, 5.41) is 11.5. The number of benzene rings is 2. The fraction of sp³-hybridized carbons (Fsp3) is 0.294. The van der Waals surface area contributed by atoms with E-state index >= 15 is 0 Å². The zero-order valence-corrected chi connectivity index (χ0v) is 13.4. The van der Waals surface area contributed by atoms with Gasteiger partial charge in [0.25, 0.3) is 0 Å². The van der Waals surface area contributed by atoms with Gasteiger partial charge < -0.3 is 9.84 Å². The summed E-state index contributed by atoms with van der Waals surface area (Å²) in [5.74, 6) is 0.817. The number of aliphatic hydroxyl groups excluding tert-OH is 1. The van der Waals surface area contributed by atoms with Crippen molar-refractivity contribution in [2.24, 2.45) is 0 Å². The molecule has 0 heterocycles. The summed E-state index contributed by atoms with van der Waals surface area (Å²) in [5.41, 5.74) is 1.71. The van der Waals surface area contributed by atoms with Crippen molar-refractivity contribution in [1.29, 1.82) is 0 Å². The lowest BCUT2D eigenvalue weighted by atomic mass is 10.0. The predicted octanol–water partition coefficient (Wildman–Crippen LogP) is 5.06. The number of rotatable bonds is 6. The van der Waals surface area contributed by atoms with Crippen LogP contribution >= 0.6 is 23.2 Å². The Morgan fingerprint density at radius 3 is 2.43 bits per heavy atom. The molecule has 1 unspecified atom stereocenters. The Morgan fingerprint density at radius 1 is 1.10 bits per heavy atom. The maximum Gasteiger partial charge on any atom is 0.119 e. The highest BCUT2D eigenvalue weighted by Gasteiger charge is 2.11. The van der Waals surface area contributed by atoms with Crippen molar-refractivity contribution in [3.8, 4) is 5.75 Å². The van der Waals surface area contributed by atoms with E-state index in [0.29, 0.717) is 23.1 Å². The Hall–Kier alpha value is -1.22. The van der Waals surface area contributed by atoms with Gasteiger partial charge in [-0.05, 0) is 41.8 Å². The lowest BCUT2D eigenvalue weighted by Crippen LogP contribution is -2.02. The van der Waals surface area contributed by atoms with Gasteiger partial charge in [-0.15, -0.1) is 0 Å². The van der Waals surface area contributed by atoms with E-state index in [0.717, 1.165) is 23.3 Å². The van der Waals surface area contributed by atoms with Gasteiger partial charge in [-0.3, -0.25) is 0 Å². The molecule has 0 saturated carbocycles. The van der Waals surface area contributed by atoms with Crippen molar-refractivity contribution in [3.05, 3.63) is 63.6 Å². The van der Waals surface area contributed by atoms with Crippen molar-refractivity contribution in [2.75, 3.05) is 6.61 Å². The van der Waals surface area contributed by atoms with Crippen LogP contribution in [0, 0.1) is 0 Å². The van der Waals surface area contributed by atoms with Crippen LogP contribution in [0.15, 0.2) is 42.5 Å². The van der Waals surface area contributed by atoms with E-state index in [1.807, 2.05) is 30.3 Å². The molecule has 2 rings (SSSR count). The van der Waals surface area contributed by atoms with E-state index in [9.17, 15) is 5.11 Å². The molecule has 0 fully saturated rings. The fourth-order valence-corrected chi connectivity index (χ4v) is 2.51. The molecule has 1 N–H and O–H groups in total. The average Bonchev–Trinajstić information content (AvgIpc) is 2.48.